The number of hydrogen-bond donors (Lipinski definition) is 1. The predicted octanol–water partition coefficient (Wildman–Crippen LogP) is 6.86. The fourth-order valence-electron chi connectivity index (χ4n) is 5.02. The normalized spacial score (nSPS) is 13.7. The molecule has 9 heteroatoms. The molecule has 1 aliphatic rings. The van der Waals surface area contributed by atoms with Crippen LogP contribution in [0.2, 0.25) is 15.2 Å². The molecule has 0 unspecified atom stereocenters. The van der Waals surface area contributed by atoms with Gasteiger partial charge in [-0.2, -0.15) is 0 Å². The van der Waals surface area contributed by atoms with Gasteiger partial charge in [0.1, 0.15) is 5.15 Å². The van der Waals surface area contributed by atoms with Gasteiger partial charge >= 0.3 is 6.03 Å². The molecule has 37 heavy (non-hydrogen) atoms. The number of amides is 1. The number of pyridine rings is 2. The molecule has 186 valence electrons. The number of nitrogens with one attached hydrogen (secondary N) is 1. The largest absolute Gasteiger partial charge is 0.333 e. The summed E-state index contributed by atoms with van der Waals surface area (Å²) in [6.07, 6.45) is 2.37. The van der Waals surface area contributed by atoms with E-state index in [-0.39, 0.29) is 6.03 Å². The maximum Gasteiger partial charge on any atom is 0.326 e. The second-order valence-corrected chi connectivity index (χ2v) is 10.4. The first kappa shape index (κ1) is 24.2. The maximum atomic E-state index is 13.4. The fourth-order valence-corrected chi connectivity index (χ4v) is 5.57. The van der Waals surface area contributed by atoms with Crippen molar-refractivity contribution in [3.05, 3.63) is 105 Å². The van der Waals surface area contributed by atoms with E-state index in [0.29, 0.717) is 34.8 Å². The minimum Gasteiger partial charge on any atom is -0.333 e. The van der Waals surface area contributed by atoms with Crippen LogP contribution < -0.4 is 5.32 Å². The van der Waals surface area contributed by atoms with Crippen molar-refractivity contribution in [2.24, 2.45) is 0 Å². The second-order valence-electron chi connectivity index (χ2n) is 9.17. The van der Waals surface area contributed by atoms with Crippen LogP contribution in [0.25, 0.3) is 21.8 Å². The molecule has 6 rings (SSSR count). The Morgan fingerprint density at radius 2 is 1.81 bits per heavy atom. The van der Waals surface area contributed by atoms with Crippen LogP contribution in [0.5, 0.6) is 0 Å². The number of carbonyl (C=O) groups is 1. The first-order chi connectivity index (χ1) is 17.9. The molecular weight excluding hydrogens is 529 g/mol. The summed E-state index contributed by atoms with van der Waals surface area (Å²) in [7, 11) is 0. The summed E-state index contributed by atoms with van der Waals surface area (Å²) >= 11 is 18.5. The van der Waals surface area contributed by atoms with E-state index in [4.69, 9.17) is 39.8 Å². The van der Waals surface area contributed by atoms with E-state index in [1.165, 1.54) is 0 Å². The average Bonchev–Trinajstić information content (AvgIpc) is 3.20. The number of nitrogens with zero attached hydrogens (tertiary/aromatic N) is 4. The van der Waals surface area contributed by atoms with Crippen molar-refractivity contribution in [3.63, 3.8) is 0 Å². The summed E-state index contributed by atoms with van der Waals surface area (Å²) < 4.78 is 1.79. The lowest BCUT2D eigenvalue weighted by molar-refractivity contribution is 0.232. The average molecular weight is 551 g/mol. The van der Waals surface area contributed by atoms with Gasteiger partial charge in [-0.05, 0) is 65.7 Å². The van der Waals surface area contributed by atoms with Crippen molar-refractivity contribution in [1.82, 2.24) is 24.8 Å². The van der Waals surface area contributed by atoms with Gasteiger partial charge in [0.15, 0.2) is 0 Å². The Balaban J connectivity index is 1.28. The summed E-state index contributed by atoms with van der Waals surface area (Å²) in [5.74, 6) is 0. The number of halogens is 3. The Bertz CT molecular complexity index is 1670. The lowest BCUT2D eigenvalue weighted by Gasteiger charge is -2.27. The van der Waals surface area contributed by atoms with Gasteiger partial charge < -0.3 is 5.32 Å². The van der Waals surface area contributed by atoms with Gasteiger partial charge in [0.05, 0.1) is 16.7 Å². The summed E-state index contributed by atoms with van der Waals surface area (Å²) in [4.78, 5) is 24.6. The van der Waals surface area contributed by atoms with Crippen LogP contribution in [0.4, 0.5) is 4.79 Å². The van der Waals surface area contributed by atoms with Gasteiger partial charge in [0.2, 0.25) is 0 Å². The first-order valence-electron chi connectivity index (χ1n) is 11.9. The molecule has 5 aromatic rings. The number of rotatable bonds is 4. The maximum absolute atomic E-state index is 13.4. The van der Waals surface area contributed by atoms with Crippen LogP contribution in [-0.2, 0) is 26.1 Å². The van der Waals surface area contributed by atoms with Gasteiger partial charge in [-0.15, -0.1) is 0 Å². The highest BCUT2D eigenvalue weighted by Gasteiger charge is 2.27. The number of aromatic nitrogens is 3. The monoisotopic (exact) mass is 549 g/mol. The molecule has 0 spiro atoms. The molecule has 1 amide bonds. The molecule has 0 radical (unpaired) electrons. The Kier molecular flexibility index (Phi) is 6.51. The van der Waals surface area contributed by atoms with Crippen LogP contribution in [-0.4, -0.2) is 32.0 Å². The van der Waals surface area contributed by atoms with Crippen molar-refractivity contribution in [3.8, 4) is 0 Å². The van der Waals surface area contributed by atoms with E-state index in [1.807, 2.05) is 48.5 Å². The molecular formula is C28H22Cl3N5O. The van der Waals surface area contributed by atoms with Gasteiger partial charge in [-0.25, -0.2) is 9.78 Å². The Morgan fingerprint density at radius 3 is 2.68 bits per heavy atom. The summed E-state index contributed by atoms with van der Waals surface area (Å²) in [6, 6.07) is 18.9. The summed E-state index contributed by atoms with van der Waals surface area (Å²) in [5.41, 5.74) is 5.79. The molecule has 3 aromatic heterocycles. The van der Waals surface area contributed by atoms with E-state index in [2.05, 4.69) is 21.3 Å². The highest BCUT2D eigenvalue weighted by Crippen LogP contribution is 2.33. The van der Waals surface area contributed by atoms with Crippen LogP contribution in [0.15, 0.2) is 66.9 Å². The molecule has 4 heterocycles. The molecule has 6 nitrogen and oxygen atoms in total. The predicted molar refractivity (Wildman–Crippen MR) is 148 cm³/mol. The zero-order chi connectivity index (χ0) is 25.5. The molecule has 1 N–H and O–H groups in total. The van der Waals surface area contributed by atoms with Gasteiger partial charge in [-0.1, -0.05) is 40.9 Å². The van der Waals surface area contributed by atoms with Gasteiger partial charge in [0, 0.05) is 65.3 Å². The van der Waals surface area contributed by atoms with Crippen LogP contribution in [0.3, 0.4) is 0 Å². The quantitative estimate of drug-likeness (QED) is 0.248. The highest BCUT2D eigenvalue weighted by molar-refractivity contribution is 6.31. The third-order valence-electron chi connectivity index (χ3n) is 6.72. The SMILES string of the molecule is O=C(NCc1ccnc(Cl)c1)n1c2c(c3cc(Cl)ccc31)CN(Cc1ccc3cc(Cl)ccc3n1)CC2. The molecule has 0 saturated heterocycles. The van der Waals surface area contributed by atoms with Crippen molar-refractivity contribution >= 4 is 62.6 Å². The number of benzene rings is 2. The number of carbonyl (C=O) groups excluding carboxylic acids is 1. The Labute approximate surface area is 228 Å². The van der Waals surface area contributed by atoms with Gasteiger partial charge in [0.25, 0.3) is 0 Å². The van der Waals surface area contributed by atoms with Crippen molar-refractivity contribution < 1.29 is 4.79 Å². The van der Waals surface area contributed by atoms with Crippen molar-refractivity contribution in [2.75, 3.05) is 6.54 Å². The van der Waals surface area contributed by atoms with Crippen molar-refractivity contribution in [2.45, 2.75) is 26.1 Å². The molecule has 1 aliphatic heterocycles. The second kappa shape index (κ2) is 9.95. The minimum absolute atomic E-state index is 0.176. The Hall–Kier alpha value is -3.16. The number of hydrogen-bond acceptors (Lipinski definition) is 4. The number of fused-ring (bicyclic) bond motifs is 4. The van der Waals surface area contributed by atoms with Gasteiger partial charge in [-0.3, -0.25) is 14.5 Å². The van der Waals surface area contributed by atoms with Crippen LogP contribution in [0, 0.1) is 0 Å². The van der Waals surface area contributed by atoms with Crippen LogP contribution in [0.1, 0.15) is 22.5 Å². The van der Waals surface area contributed by atoms with E-state index < -0.39 is 0 Å². The molecule has 0 aliphatic carbocycles. The fraction of sp³-hybridized carbons (Fsp3) is 0.179. The standard InChI is InChI=1S/C28H22Cl3N5O/c29-19-2-5-24-18(12-19)1-4-21(34-24)15-35-10-8-26-23(16-35)22-13-20(30)3-6-25(22)36(26)28(37)33-14-17-7-9-32-27(31)11-17/h1-7,9,11-13H,8,10,14-16H2,(H,33,37). The lowest BCUT2D eigenvalue weighted by Crippen LogP contribution is -2.34. The van der Waals surface area contributed by atoms with E-state index in [1.54, 1.807) is 16.8 Å². The molecule has 0 atom stereocenters. The smallest absolute Gasteiger partial charge is 0.326 e. The third kappa shape index (κ3) is 4.90. The van der Waals surface area contributed by atoms with Crippen LogP contribution >= 0.6 is 34.8 Å². The Morgan fingerprint density at radius 1 is 0.973 bits per heavy atom. The first-order valence-corrected chi connectivity index (χ1v) is 13.1. The minimum atomic E-state index is -0.176. The molecule has 0 fully saturated rings. The summed E-state index contributed by atoms with van der Waals surface area (Å²) in [5, 5.41) is 6.79. The van der Waals surface area contributed by atoms with E-state index in [0.717, 1.165) is 57.3 Å². The van der Waals surface area contributed by atoms with Crippen molar-refractivity contribution in [1.29, 1.82) is 0 Å². The molecule has 2 aromatic carbocycles. The molecule has 0 saturated carbocycles. The van der Waals surface area contributed by atoms with E-state index in [9.17, 15) is 4.79 Å². The topological polar surface area (TPSA) is 63.1 Å². The third-order valence-corrected chi connectivity index (χ3v) is 7.40. The zero-order valence-corrected chi connectivity index (χ0v) is 22.0. The lowest BCUT2D eigenvalue weighted by atomic mass is 10.0. The zero-order valence-electron chi connectivity index (χ0n) is 19.7. The van der Waals surface area contributed by atoms with E-state index >= 15 is 0 Å². The highest BCUT2D eigenvalue weighted by atomic mass is 35.5. The molecule has 0 bridgehead atoms. The summed E-state index contributed by atoms with van der Waals surface area (Å²) in [6.45, 7) is 2.58.